The Morgan fingerprint density at radius 2 is 1.38 bits per heavy atom. The molecule has 0 aromatic rings. The smallest absolute Gasteiger partial charge is 0.0888 e. The minimum absolute atomic E-state index is 0.0203. The van der Waals surface area contributed by atoms with Crippen molar-refractivity contribution in [3.8, 4) is 0 Å². The van der Waals surface area contributed by atoms with Crippen molar-refractivity contribution in [2.75, 3.05) is 41.7 Å². The SMILES string of the molecule is CCCCC(COC)C(OC)C(OC)C(COC)C(C)C. The third kappa shape index (κ3) is 7.09. The topological polar surface area (TPSA) is 36.9 Å². The molecular formula is C17H36O4. The summed E-state index contributed by atoms with van der Waals surface area (Å²) in [6, 6.07) is 0. The summed E-state index contributed by atoms with van der Waals surface area (Å²) < 4.78 is 22.5. The second kappa shape index (κ2) is 12.4. The van der Waals surface area contributed by atoms with Crippen LogP contribution in [0.4, 0.5) is 0 Å². The lowest BCUT2D eigenvalue weighted by molar-refractivity contribution is -0.120. The van der Waals surface area contributed by atoms with Gasteiger partial charge in [0.25, 0.3) is 0 Å². The standard InChI is InChI=1S/C17H36O4/c1-8-9-10-14(11-18-4)16(20-6)17(21-7)15(12-19-5)13(2)3/h13-17H,8-12H2,1-7H3. The third-order valence-electron chi connectivity index (χ3n) is 4.28. The van der Waals surface area contributed by atoms with E-state index in [0.29, 0.717) is 31.0 Å². The maximum absolute atomic E-state index is 5.83. The molecule has 0 amide bonds. The zero-order valence-electron chi connectivity index (χ0n) is 15.1. The maximum atomic E-state index is 5.83. The van der Waals surface area contributed by atoms with Gasteiger partial charge in [-0.25, -0.2) is 0 Å². The lowest BCUT2D eigenvalue weighted by Crippen LogP contribution is -2.46. The van der Waals surface area contributed by atoms with Gasteiger partial charge in [0.2, 0.25) is 0 Å². The molecule has 0 aliphatic rings. The molecule has 0 aromatic heterocycles. The molecule has 0 bridgehead atoms. The van der Waals surface area contributed by atoms with E-state index in [9.17, 15) is 0 Å². The first-order valence-electron chi connectivity index (χ1n) is 8.10. The van der Waals surface area contributed by atoms with E-state index in [4.69, 9.17) is 18.9 Å². The van der Waals surface area contributed by atoms with Crippen LogP contribution < -0.4 is 0 Å². The summed E-state index contributed by atoms with van der Waals surface area (Å²) in [5, 5.41) is 0. The van der Waals surface area contributed by atoms with Crippen molar-refractivity contribution < 1.29 is 18.9 Å². The number of hydrogen-bond acceptors (Lipinski definition) is 4. The molecule has 21 heavy (non-hydrogen) atoms. The van der Waals surface area contributed by atoms with E-state index in [1.807, 2.05) is 0 Å². The van der Waals surface area contributed by atoms with Crippen LogP contribution in [-0.4, -0.2) is 53.9 Å². The first-order valence-corrected chi connectivity index (χ1v) is 8.10. The van der Waals surface area contributed by atoms with Crippen molar-refractivity contribution in [1.29, 1.82) is 0 Å². The fourth-order valence-corrected chi connectivity index (χ4v) is 3.03. The Balaban J connectivity index is 5.08. The molecule has 0 N–H and O–H groups in total. The third-order valence-corrected chi connectivity index (χ3v) is 4.28. The summed E-state index contributed by atoms with van der Waals surface area (Å²) in [7, 11) is 7.04. The normalized spacial score (nSPS) is 17.7. The van der Waals surface area contributed by atoms with Gasteiger partial charge in [0.05, 0.1) is 25.4 Å². The second-order valence-electron chi connectivity index (χ2n) is 6.12. The summed E-state index contributed by atoms with van der Waals surface area (Å²) in [5.74, 6) is 1.14. The molecule has 4 nitrogen and oxygen atoms in total. The highest BCUT2D eigenvalue weighted by Crippen LogP contribution is 2.28. The molecule has 0 spiro atoms. The molecule has 0 aromatic carbocycles. The first kappa shape index (κ1) is 20.8. The van der Waals surface area contributed by atoms with Crippen LogP contribution >= 0.6 is 0 Å². The van der Waals surface area contributed by atoms with Crippen molar-refractivity contribution in [2.45, 2.75) is 52.2 Å². The van der Waals surface area contributed by atoms with E-state index in [-0.39, 0.29) is 12.2 Å². The van der Waals surface area contributed by atoms with Gasteiger partial charge in [-0.2, -0.15) is 0 Å². The Labute approximate surface area is 131 Å². The number of hydrogen-bond donors (Lipinski definition) is 0. The summed E-state index contributed by atoms with van der Waals surface area (Å²) in [6.45, 7) is 8.01. The van der Waals surface area contributed by atoms with Crippen LogP contribution in [0, 0.1) is 17.8 Å². The van der Waals surface area contributed by atoms with E-state index < -0.39 is 0 Å². The Bertz CT molecular complexity index is 233. The van der Waals surface area contributed by atoms with Gasteiger partial charge >= 0.3 is 0 Å². The highest BCUT2D eigenvalue weighted by atomic mass is 16.5. The zero-order valence-corrected chi connectivity index (χ0v) is 15.1. The number of rotatable bonds is 13. The van der Waals surface area contributed by atoms with Crippen LogP contribution in [0.5, 0.6) is 0 Å². The molecule has 0 aliphatic carbocycles. The highest BCUT2D eigenvalue weighted by Gasteiger charge is 2.36. The summed E-state index contributed by atoms with van der Waals surface area (Å²) in [6.07, 6.45) is 3.51. The first-order chi connectivity index (χ1) is 10.1. The van der Waals surface area contributed by atoms with E-state index in [2.05, 4.69) is 20.8 Å². The van der Waals surface area contributed by atoms with Crippen LogP contribution in [0.3, 0.4) is 0 Å². The fraction of sp³-hybridized carbons (Fsp3) is 1.00. The van der Waals surface area contributed by atoms with E-state index in [1.165, 1.54) is 12.8 Å². The molecule has 0 saturated carbocycles. The fourth-order valence-electron chi connectivity index (χ4n) is 3.03. The highest BCUT2D eigenvalue weighted by molar-refractivity contribution is 4.85. The average Bonchev–Trinajstić information content (AvgIpc) is 2.47. The molecule has 128 valence electrons. The van der Waals surface area contributed by atoms with Crippen molar-refractivity contribution in [3.05, 3.63) is 0 Å². The summed E-state index contributed by atoms with van der Waals surface area (Å²) in [5.41, 5.74) is 0. The minimum atomic E-state index is 0.0203. The maximum Gasteiger partial charge on any atom is 0.0888 e. The molecule has 0 saturated heterocycles. The molecular weight excluding hydrogens is 268 g/mol. The predicted octanol–water partition coefficient (Wildman–Crippen LogP) is 3.39. The number of unbranched alkanes of at least 4 members (excludes halogenated alkanes) is 1. The van der Waals surface area contributed by atoms with Gasteiger partial charge in [0.1, 0.15) is 0 Å². The summed E-state index contributed by atoms with van der Waals surface area (Å²) in [4.78, 5) is 0. The summed E-state index contributed by atoms with van der Waals surface area (Å²) >= 11 is 0. The van der Waals surface area contributed by atoms with Crippen LogP contribution in [-0.2, 0) is 18.9 Å². The lowest BCUT2D eigenvalue weighted by atomic mass is 9.82. The number of methoxy groups -OCH3 is 4. The molecule has 4 heteroatoms. The van der Waals surface area contributed by atoms with Gasteiger partial charge in [-0.15, -0.1) is 0 Å². The minimum Gasteiger partial charge on any atom is -0.384 e. The van der Waals surface area contributed by atoms with Gasteiger partial charge in [-0.05, 0) is 12.3 Å². The van der Waals surface area contributed by atoms with E-state index in [0.717, 1.165) is 6.42 Å². The van der Waals surface area contributed by atoms with Crippen molar-refractivity contribution in [3.63, 3.8) is 0 Å². The van der Waals surface area contributed by atoms with Gasteiger partial charge in [0.15, 0.2) is 0 Å². The average molecular weight is 304 g/mol. The van der Waals surface area contributed by atoms with Gasteiger partial charge in [0, 0.05) is 40.3 Å². The number of ether oxygens (including phenoxy) is 4. The van der Waals surface area contributed by atoms with Crippen molar-refractivity contribution in [1.82, 2.24) is 0 Å². The molecule has 0 fully saturated rings. The lowest BCUT2D eigenvalue weighted by Gasteiger charge is -2.37. The molecule has 0 radical (unpaired) electrons. The Morgan fingerprint density at radius 3 is 1.76 bits per heavy atom. The van der Waals surface area contributed by atoms with Crippen LogP contribution in [0.15, 0.2) is 0 Å². The monoisotopic (exact) mass is 304 g/mol. The predicted molar refractivity (Wildman–Crippen MR) is 86.7 cm³/mol. The van der Waals surface area contributed by atoms with E-state index in [1.54, 1.807) is 28.4 Å². The molecule has 0 heterocycles. The zero-order chi connectivity index (χ0) is 16.3. The molecule has 4 atom stereocenters. The Hall–Kier alpha value is -0.160. The largest absolute Gasteiger partial charge is 0.384 e. The van der Waals surface area contributed by atoms with Crippen LogP contribution in [0.1, 0.15) is 40.0 Å². The van der Waals surface area contributed by atoms with Crippen LogP contribution in [0.2, 0.25) is 0 Å². The van der Waals surface area contributed by atoms with Gasteiger partial charge in [-0.3, -0.25) is 0 Å². The Morgan fingerprint density at radius 1 is 0.810 bits per heavy atom. The van der Waals surface area contributed by atoms with Crippen LogP contribution in [0.25, 0.3) is 0 Å². The van der Waals surface area contributed by atoms with Crippen molar-refractivity contribution in [2.24, 2.45) is 17.8 Å². The Kier molecular flexibility index (Phi) is 12.3. The molecule has 4 unspecified atom stereocenters. The molecule has 0 rings (SSSR count). The second-order valence-corrected chi connectivity index (χ2v) is 6.12. The molecule has 0 aliphatic heterocycles. The van der Waals surface area contributed by atoms with Crippen molar-refractivity contribution >= 4 is 0 Å². The van der Waals surface area contributed by atoms with Gasteiger partial charge < -0.3 is 18.9 Å². The quantitative estimate of drug-likeness (QED) is 0.523. The van der Waals surface area contributed by atoms with Gasteiger partial charge in [-0.1, -0.05) is 33.6 Å². The van der Waals surface area contributed by atoms with E-state index >= 15 is 0 Å².